The monoisotopic (exact) mass is 261 g/mol. The van der Waals surface area contributed by atoms with Gasteiger partial charge in [0.15, 0.2) is 11.5 Å². The minimum Gasteiger partial charge on any atom is -0.486 e. The van der Waals surface area contributed by atoms with Crippen LogP contribution in [0.25, 0.3) is 0 Å². The van der Waals surface area contributed by atoms with Crippen molar-refractivity contribution in [2.45, 2.75) is 9.92 Å². The molecule has 2 N–H and O–H groups in total. The third-order valence-corrected chi connectivity index (χ3v) is 3.31. The number of aromatic nitrogens is 2. The van der Waals surface area contributed by atoms with Crippen LogP contribution in [0.15, 0.2) is 40.3 Å². The van der Waals surface area contributed by atoms with E-state index in [4.69, 9.17) is 15.2 Å². The van der Waals surface area contributed by atoms with E-state index in [2.05, 4.69) is 10.2 Å². The molecule has 18 heavy (non-hydrogen) atoms. The van der Waals surface area contributed by atoms with Crippen molar-refractivity contribution in [3.8, 4) is 11.5 Å². The second kappa shape index (κ2) is 4.73. The van der Waals surface area contributed by atoms with E-state index in [9.17, 15) is 0 Å². The van der Waals surface area contributed by atoms with Crippen molar-refractivity contribution in [2.24, 2.45) is 0 Å². The van der Waals surface area contributed by atoms with Gasteiger partial charge in [0.2, 0.25) is 0 Å². The third kappa shape index (κ3) is 2.33. The van der Waals surface area contributed by atoms with Crippen LogP contribution in [0.3, 0.4) is 0 Å². The number of fused-ring (bicyclic) bond motifs is 1. The Hall–Kier alpha value is -1.95. The molecule has 0 amide bonds. The van der Waals surface area contributed by atoms with E-state index < -0.39 is 0 Å². The molecule has 0 unspecified atom stereocenters. The summed E-state index contributed by atoms with van der Waals surface area (Å²) in [7, 11) is 0. The highest BCUT2D eigenvalue weighted by atomic mass is 32.2. The summed E-state index contributed by atoms with van der Waals surface area (Å²) in [5.41, 5.74) is 5.49. The predicted octanol–water partition coefficient (Wildman–Crippen LogP) is 1.98. The molecular formula is C12H11N3O2S. The van der Waals surface area contributed by atoms with Crippen LogP contribution in [-0.4, -0.2) is 23.4 Å². The maximum absolute atomic E-state index is 5.53. The molecule has 1 aliphatic rings. The molecule has 1 aliphatic heterocycles. The van der Waals surface area contributed by atoms with Gasteiger partial charge >= 0.3 is 0 Å². The molecular weight excluding hydrogens is 250 g/mol. The molecule has 0 radical (unpaired) electrons. The summed E-state index contributed by atoms with van der Waals surface area (Å²) in [4.78, 5) is 1.03. The van der Waals surface area contributed by atoms with Crippen LogP contribution in [0.1, 0.15) is 0 Å². The number of nitrogen functional groups attached to an aromatic ring is 1. The molecule has 0 saturated heterocycles. The Labute approximate surface area is 108 Å². The molecule has 0 fully saturated rings. The van der Waals surface area contributed by atoms with Crippen molar-refractivity contribution in [1.29, 1.82) is 0 Å². The maximum Gasteiger partial charge on any atom is 0.162 e. The number of ether oxygens (including phenoxy) is 2. The first-order chi connectivity index (χ1) is 8.81. The smallest absolute Gasteiger partial charge is 0.162 e. The molecule has 0 spiro atoms. The predicted molar refractivity (Wildman–Crippen MR) is 68.0 cm³/mol. The van der Waals surface area contributed by atoms with Gasteiger partial charge in [0.1, 0.15) is 24.1 Å². The number of nitrogens with two attached hydrogens (primary N) is 1. The van der Waals surface area contributed by atoms with Crippen LogP contribution in [0.2, 0.25) is 0 Å². The number of benzene rings is 1. The molecule has 2 aromatic rings. The zero-order valence-electron chi connectivity index (χ0n) is 9.50. The molecule has 6 heteroatoms. The van der Waals surface area contributed by atoms with Gasteiger partial charge in [-0.25, -0.2) is 0 Å². The maximum atomic E-state index is 5.53. The van der Waals surface area contributed by atoms with Gasteiger partial charge < -0.3 is 15.2 Å². The van der Waals surface area contributed by atoms with E-state index in [0.29, 0.717) is 19.0 Å². The van der Waals surface area contributed by atoms with Crippen molar-refractivity contribution < 1.29 is 9.47 Å². The molecule has 5 nitrogen and oxygen atoms in total. The molecule has 2 heterocycles. The van der Waals surface area contributed by atoms with Crippen LogP contribution in [-0.2, 0) is 0 Å². The number of nitrogens with zero attached hydrogens (tertiary/aromatic N) is 2. The summed E-state index contributed by atoms with van der Waals surface area (Å²) in [5, 5.41) is 8.61. The Bertz CT molecular complexity index is 560. The molecule has 0 bridgehead atoms. The highest BCUT2D eigenvalue weighted by molar-refractivity contribution is 7.99. The molecule has 0 atom stereocenters. The molecule has 92 valence electrons. The lowest BCUT2D eigenvalue weighted by atomic mass is 10.3. The number of anilines is 1. The Morgan fingerprint density at radius 1 is 1.00 bits per heavy atom. The fourth-order valence-electron chi connectivity index (χ4n) is 1.59. The first kappa shape index (κ1) is 11.2. The van der Waals surface area contributed by atoms with E-state index in [0.717, 1.165) is 21.4 Å². The zero-order valence-corrected chi connectivity index (χ0v) is 10.3. The summed E-state index contributed by atoms with van der Waals surface area (Å²) in [6, 6.07) is 9.38. The highest BCUT2D eigenvalue weighted by Crippen LogP contribution is 2.36. The Morgan fingerprint density at radius 2 is 1.83 bits per heavy atom. The average Bonchev–Trinajstić information content (AvgIpc) is 2.41. The standard InChI is InChI=1S/C12H11N3O2S/c13-11-3-4-12(15-14-11)18-8-1-2-9-10(7-8)17-6-5-16-9/h1-4,7H,5-6H2,(H2,13,14). The summed E-state index contributed by atoms with van der Waals surface area (Å²) in [5.74, 6) is 1.98. The van der Waals surface area contributed by atoms with Crippen LogP contribution in [0, 0.1) is 0 Å². The van der Waals surface area contributed by atoms with Gasteiger partial charge in [-0.05, 0) is 30.3 Å². The second-order valence-electron chi connectivity index (χ2n) is 3.70. The fraction of sp³-hybridized carbons (Fsp3) is 0.167. The molecule has 1 aromatic carbocycles. The lowest BCUT2D eigenvalue weighted by Gasteiger charge is -2.18. The summed E-state index contributed by atoms with van der Waals surface area (Å²) in [6.45, 7) is 1.19. The van der Waals surface area contributed by atoms with Crippen LogP contribution >= 0.6 is 11.8 Å². The Balaban J connectivity index is 1.82. The second-order valence-corrected chi connectivity index (χ2v) is 4.80. The van der Waals surface area contributed by atoms with Gasteiger partial charge in [-0.2, -0.15) is 0 Å². The Kier molecular flexibility index (Phi) is 2.93. The molecule has 1 aromatic heterocycles. The highest BCUT2D eigenvalue weighted by Gasteiger charge is 2.12. The Morgan fingerprint density at radius 3 is 2.61 bits per heavy atom. The van der Waals surface area contributed by atoms with Crippen molar-refractivity contribution in [3.05, 3.63) is 30.3 Å². The van der Waals surface area contributed by atoms with Gasteiger partial charge in [-0.15, -0.1) is 10.2 Å². The molecule has 3 rings (SSSR count). The first-order valence-corrected chi connectivity index (χ1v) is 6.29. The average molecular weight is 261 g/mol. The van der Waals surface area contributed by atoms with Crippen LogP contribution in [0.4, 0.5) is 5.82 Å². The normalized spacial score (nSPS) is 13.3. The first-order valence-electron chi connectivity index (χ1n) is 5.48. The summed E-state index contributed by atoms with van der Waals surface area (Å²) in [6.07, 6.45) is 0. The fourth-order valence-corrected chi connectivity index (χ4v) is 2.35. The third-order valence-electron chi connectivity index (χ3n) is 2.40. The van der Waals surface area contributed by atoms with E-state index in [-0.39, 0.29) is 0 Å². The van der Waals surface area contributed by atoms with Gasteiger partial charge in [0.05, 0.1) is 0 Å². The minimum atomic E-state index is 0.418. The van der Waals surface area contributed by atoms with Crippen molar-refractivity contribution in [1.82, 2.24) is 10.2 Å². The van der Waals surface area contributed by atoms with E-state index in [1.54, 1.807) is 6.07 Å². The topological polar surface area (TPSA) is 70.3 Å². The molecule has 0 saturated carbocycles. The van der Waals surface area contributed by atoms with E-state index in [1.807, 2.05) is 24.3 Å². The van der Waals surface area contributed by atoms with Crippen LogP contribution < -0.4 is 15.2 Å². The van der Waals surface area contributed by atoms with Gasteiger partial charge in [0, 0.05) is 4.90 Å². The zero-order chi connectivity index (χ0) is 12.4. The van der Waals surface area contributed by atoms with Gasteiger partial charge in [-0.3, -0.25) is 0 Å². The quantitative estimate of drug-likeness (QED) is 0.891. The van der Waals surface area contributed by atoms with E-state index in [1.165, 1.54) is 11.8 Å². The largest absolute Gasteiger partial charge is 0.486 e. The summed E-state index contributed by atoms with van der Waals surface area (Å²) < 4.78 is 11.0. The van der Waals surface area contributed by atoms with Crippen molar-refractivity contribution in [2.75, 3.05) is 18.9 Å². The lowest BCUT2D eigenvalue weighted by molar-refractivity contribution is 0.171. The van der Waals surface area contributed by atoms with Gasteiger partial charge in [0.25, 0.3) is 0 Å². The van der Waals surface area contributed by atoms with Crippen molar-refractivity contribution >= 4 is 17.6 Å². The lowest BCUT2D eigenvalue weighted by Crippen LogP contribution is -2.15. The SMILES string of the molecule is Nc1ccc(Sc2ccc3c(c2)OCCO3)nn1. The minimum absolute atomic E-state index is 0.418. The number of hydrogen-bond donors (Lipinski definition) is 1. The van der Waals surface area contributed by atoms with E-state index >= 15 is 0 Å². The number of hydrogen-bond acceptors (Lipinski definition) is 6. The van der Waals surface area contributed by atoms with Crippen molar-refractivity contribution in [3.63, 3.8) is 0 Å². The molecule has 0 aliphatic carbocycles. The van der Waals surface area contributed by atoms with Gasteiger partial charge in [-0.1, -0.05) is 11.8 Å². The van der Waals surface area contributed by atoms with Crippen LogP contribution in [0.5, 0.6) is 11.5 Å². The number of rotatable bonds is 2. The summed E-state index contributed by atoms with van der Waals surface area (Å²) >= 11 is 1.50.